The predicted octanol–water partition coefficient (Wildman–Crippen LogP) is 3.97. The van der Waals surface area contributed by atoms with Gasteiger partial charge in [0.05, 0.1) is 19.5 Å². The van der Waals surface area contributed by atoms with E-state index in [1.165, 1.54) is 0 Å². The van der Waals surface area contributed by atoms with Crippen molar-refractivity contribution >= 4 is 16.0 Å². The molecule has 1 aliphatic carbocycles. The summed E-state index contributed by atoms with van der Waals surface area (Å²) in [5, 5.41) is 7.88. The SMILES string of the molecule is COc1cccc(OC)c1-n1c(NS(=O)(=O)C(C)C(C)c2ncc(C)cn2)nnc1C1CCCC1. The van der Waals surface area contributed by atoms with Crippen molar-refractivity contribution in [1.29, 1.82) is 0 Å². The maximum absolute atomic E-state index is 13.5. The summed E-state index contributed by atoms with van der Waals surface area (Å²) in [4.78, 5) is 8.63. The van der Waals surface area contributed by atoms with Crippen LogP contribution in [-0.2, 0) is 10.0 Å². The molecule has 1 aliphatic rings. The minimum absolute atomic E-state index is 0.0959. The van der Waals surface area contributed by atoms with Gasteiger partial charge in [-0.2, -0.15) is 0 Å². The highest BCUT2D eigenvalue weighted by Gasteiger charge is 2.33. The summed E-state index contributed by atoms with van der Waals surface area (Å²) in [6.45, 7) is 5.32. The molecule has 2 heterocycles. The number of nitrogens with zero attached hydrogens (tertiary/aromatic N) is 5. The first kappa shape index (κ1) is 24.9. The van der Waals surface area contributed by atoms with Crippen LogP contribution in [0, 0.1) is 6.92 Å². The highest BCUT2D eigenvalue weighted by atomic mass is 32.2. The van der Waals surface area contributed by atoms with Crippen molar-refractivity contribution in [3.63, 3.8) is 0 Å². The summed E-state index contributed by atoms with van der Waals surface area (Å²) in [5.41, 5.74) is 1.47. The van der Waals surface area contributed by atoms with Crippen LogP contribution >= 0.6 is 0 Å². The molecule has 2 atom stereocenters. The van der Waals surface area contributed by atoms with Gasteiger partial charge < -0.3 is 9.47 Å². The number of sulfonamides is 1. The van der Waals surface area contributed by atoms with E-state index < -0.39 is 21.2 Å². The summed E-state index contributed by atoms with van der Waals surface area (Å²) in [7, 11) is -0.761. The van der Waals surface area contributed by atoms with Gasteiger partial charge in [-0.1, -0.05) is 25.8 Å². The largest absolute Gasteiger partial charge is 0.494 e. The third-order valence-corrected chi connectivity index (χ3v) is 8.52. The van der Waals surface area contributed by atoms with Crippen LogP contribution in [0.2, 0.25) is 0 Å². The average molecular weight is 501 g/mol. The molecule has 2 aromatic heterocycles. The topological polar surface area (TPSA) is 121 Å². The normalized spacial score (nSPS) is 16.1. The Kier molecular flexibility index (Phi) is 7.25. The molecule has 0 bridgehead atoms. The summed E-state index contributed by atoms with van der Waals surface area (Å²) in [6, 6.07) is 5.41. The van der Waals surface area contributed by atoms with Gasteiger partial charge in [-0.3, -0.25) is 9.29 Å². The van der Waals surface area contributed by atoms with Crippen molar-refractivity contribution in [1.82, 2.24) is 24.7 Å². The molecule has 4 rings (SSSR count). The lowest BCUT2D eigenvalue weighted by molar-refractivity contribution is 0.390. The second-order valence-corrected chi connectivity index (χ2v) is 11.0. The number of benzene rings is 1. The van der Waals surface area contributed by atoms with E-state index in [0.717, 1.165) is 31.2 Å². The number of nitrogens with one attached hydrogen (secondary N) is 1. The molecule has 0 radical (unpaired) electrons. The number of anilines is 1. The van der Waals surface area contributed by atoms with Gasteiger partial charge >= 0.3 is 0 Å². The van der Waals surface area contributed by atoms with Crippen LogP contribution in [-0.4, -0.2) is 52.6 Å². The summed E-state index contributed by atoms with van der Waals surface area (Å²) >= 11 is 0. The highest BCUT2D eigenvalue weighted by Crippen LogP contribution is 2.40. The Morgan fingerprint density at radius 3 is 2.20 bits per heavy atom. The average Bonchev–Trinajstić information content (AvgIpc) is 3.52. The van der Waals surface area contributed by atoms with E-state index in [1.807, 2.05) is 13.0 Å². The van der Waals surface area contributed by atoms with Crippen LogP contribution in [0.4, 0.5) is 5.95 Å². The van der Waals surface area contributed by atoms with Crippen molar-refractivity contribution in [2.24, 2.45) is 0 Å². The maximum atomic E-state index is 13.5. The van der Waals surface area contributed by atoms with E-state index in [9.17, 15) is 8.42 Å². The molecule has 11 heteroatoms. The lowest BCUT2D eigenvalue weighted by atomic mass is 10.1. The lowest BCUT2D eigenvalue weighted by Crippen LogP contribution is -2.31. The molecule has 1 aromatic carbocycles. The molecular formula is C24H32N6O4S. The zero-order chi connectivity index (χ0) is 25.2. The second kappa shape index (κ2) is 10.2. The number of hydrogen-bond donors (Lipinski definition) is 1. The van der Waals surface area contributed by atoms with Crippen LogP contribution in [0.25, 0.3) is 5.69 Å². The fourth-order valence-corrected chi connectivity index (χ4v) is 5.65. The molecule has 10 nitrogen and oxygen atoms in total. The third-order valence-electron chi connectivity index (χ3n) is 6.67. The molecule has 0 saturated heterocycles. The molecule has 1 saturated carbocycles. The van der Waals surface area contributed by atoms with Crippen molar-refractivity contribution in [3.8, 4) is 17.2 Å². The molecule has 0 aliphatic heterocycles. The van der Waals surface area contributed by atoms with E-state index >= 15 is 0 Å². The Labute approximate surface area is 206 Å². The first-order valence-corrected chi connectivity index (χ1v) is 13.3. The van der Waals surface area contributed by atoms with Crippen LogP contribution in [0.15, 0.2) is 30.6 Å². The zero-order valence-corrected chi connectivity index (χ0v) is 21.5. The smallest absolute Gasteiger partial charge is 0.243 e. The van der Waals surface area contributed by atoms with Gasteiger partial charge in [0, 0.05) is 24.2 Å². The quantitative estimate of drug-likeness (QED) is 0.468. The molecule has 1 N–H and O–H groups in total. The Balaban J connectivity index is 1.76. The van der Waals surface area contributed by atoms with Crippen LogP contribution in [0.1, 0.15) is 68.6 Å². The molecule has 35 heavy (non-hydrogen) atoms. The summed E-state index contributed by atoms with van der Waals surface area (Å²) in [6.07, 6.45) is 7.47. The van der Waals surface area contributed by atoms with Crippen molar-refractivity contribution in [3.05, 3.63) is 47.8 Å². The third kappa shape index (κ3) is 4.95. The van der Waals surface area contributed by atoms with E-state index in [4.69, 9.17) is 9.47 Å². The van der Waals surface area contributed by atoms with Gasteiger partial charge in [0.15, 0.2) is 0 Å². The van der Waals surface area contributed by atoms with Crippen molar-refractivity contribution in [2.45, 2.75) is 63.5 Å². The Bertz CT molecular complexity index is 1250. The van der Waals surface area contributed by atoms with Gasteiger partial charge in [0.25, 0.3) is 0 Å². The van der Waals surface area contributed by atoms with Gasteiger partial charge in [-0.15, -0.1) is 10.2 Å². The highest BCUT2D eigenvalue weighted by molar-refractivity contribution is 7.93. The molecule has 0 amide bonds. The van der Waals surface area contributed by atoms with Crippen molar-refractivity contribution in [2.75, 3.05) is 18.9 Å². The summed E-state index contributed by atoms with van der Waals surface area (Å²) < 4.78 is 42.6. The zero-order valence-electron chi connectivity index (χ0n) is 20.7. The van der Waals surface area contributed by atoms with Crippen LogP contribution in [0.3, 0.4) is 0 Å². The molecular weight excluding hydrogens is 468 g/mol. The number of methoxy groups -OCH3 is 2. The Hall–Kier alpha value is -3.21. The monoisotopic (exact) mass is 500 g/mol. The maximum Gasteiger partial charge on any atom is 0.243 e. The van der Waals surface area contributed by atoms with E-state index in [2.05, 4.69) is 24.9 Å². The lowest BCUT2D eigenvalue weighted by Gasteiger charge is -2.22. The molecule has 0 spiro atoms. The number of hydrogen-bond acceptors (Lipinski definition) is 8. The number of aromatic nitrogens is 5. The van der Waals surface area contributed by atoms with E-state index in [-0.39, 0.29) is 11.9 Å². The Morgan fingerprint density at radius 1 is 1.03 bits per heavy atom. The predicted molar refractivity (Wildman–Crippen MR) is 133 cm³/mol. The first-order chi connectivity index (χ1) is 16.8. The number of aryl methyl sites for hydroxylation is 1. The van der Waals surface area contributed by atoms with Gasteiger partial charge in [0.1, 0.15) is 28.8 Å². The van der Waals surface area contributed by atoms with E-state index in [1.54, 1.807) is 57.2 Å². The fraction of sp³-hybridized carbons (Fsp3) is 0.500. The van der Waals surface area contributed by atoms with Gasteiger partial charge in [-0.25, -0.2) is 18.4 Å². The summed E-state index contributed by atoms with van der Waals surface area (Å²) in [5.74, 6) is 2.01. The molecule has 1 fully saturated rings. The Morgan fingerprint density at radius 2 is 1.63 bits per heavy atom. The van der Waals surface area contributed by atoms with Crippen LogP contribution in [0.5, 0.6) is 11.5 Å². The van der Waals surface area contributed by atoms with Gasteiger partial charge in [0.2, 0.25) is 16.0 Å². The second-order valence-electron chi connectivity index (χ2n) is 8.97. The number of para-hydroxylation sites is 1. The number of ether oxygens (including phenoxy) is 2. The minimum atomic E-state index is -3.89. The fourth-order valence-electron chi connectivity index (χ4n) is 4.42. The molecule has 3 aromatic rings. The number of rotatable bonds is 9. The standard InChI is InChI=1S/C24H32N6O4S/c1-15-13-25-22(26-14-15)16(2)17(3)35(31,32)29-24-28-27-23(18-9-6-7-10-18)30(24)21-19(33-4)11-8-12-20(21)34-5/h8,11-14,16-18H,6-7,9-10H2,1-5H3,(H,28,29). The molecule has 2 unspecified atom stereocenters. The van der Waals surface area contributed by atoms with Crippen molar-refractivity contribution < 1.29 is 17.9 Å². The van der Waals surface area contributed by atoms with Crippen LogP contribution < -0.4 is 14.2 Å². The van der Waals surface area contributed by atoms with Gasteiger partial charge in [-0.05, 0) is 44.4 Å². The van der Waals surface area contributed by atoms with E-state index in [0.29, 0.717) is 28.8 Å². The molecule has 188 valence electrons. The minimum Gasteiger partial charge on any atom is -0.494 e. The first-order valence-electron chi connectivity index (χ1n) is 11.7.